The molecule has 0 aliphatic heterocycles. The lowest BCUT2D eigenvalue weighted by Gasteiger charge is -2.05. The molecular weight excluding hydrogens is 192 g/mol. The van der Waals surface area contributed by atoms with Crippen LogP contribution in [-0.2, 0) is 0 Å². The van der Waals surface area contributed by atoms with Gasteiger partial charge in [0.15, 0.2) is 0 Å². The smallest absolute Gasteiger partial charge is 0.0997 e. The van der Waals surface area contributed by atoms with Crippen LogP contribution in [0.15, 0.2) is 18.2 Å². The second-order valence-electron chi connectivity index (χ2n) is 4.04. The maximum absolute atomic E-state index is 6.00. The molecule has 0 bridgehead atoms. The zero-order valence-corrected chi connectivity index (χ0v) is 9.87. The second kappa shape index (κ2) is 4.07. The molecule has 0 nitrogen and oxygen atoms in total. The van der Waals surface area contributed by atoms with E-state index in [1.165, 1.54) is 11.1 Å². The molecule has 0 fully saturated rings. The molecule has 0 amide bonds. The average molecular weight is 207 g/mol. The maximum atomic E-state index is 6.00. The summed E-state index contributed by atoms with van der Waals surface area (Å²) in [5.74, 6) is 6.13. The van der Waals surface area contributed by atoms with Crippen LogP contribution in [0.5, 0.6) is 0 Å². The van der Waals surface area contributed by atoms with Gasteiger partial charge in [0.2, 0.25) is 0 Å². The van der Waals surface area contributed by atoms with Gasteiger partial charge in [-0.1, -0.05) is 24.0 Å². The van der Waals surface area contributed by atoms with Gasteiger partial charge in [0.25, 0.3) is 0 Å². The zero-order valence-electron chi connectivity index (χ0n) is 9.11. The Morgan fingerprint density at radius 3 is 2.43 bits per heavy atom. The van der Waals surface area contributed by atoms with E-state index < -0.39 is 4.87 Å². The number of hydrogen-bond acceptors (Lipinski definition) is 0. The van der Waals surface area contributed by atoms with Crippen molar-refractivity contribution < 1.29 is 0 Å². The van der Waals surface area contributed by atoms with Crippen molar-refractivity contribution in [2.45, 2.75) is 32.6 Å². The van der Waals surface area contributed by atoms with E-state index in [4.69, 9.17) is 11.6 Å². The fourth-order valence-electron chi connectivity index (χ4n) is 1.09. The summed E-state index contributed by atoms with van der Waals surface area (Å²) in [6, 6.07) is 6.26. The molecule has 0 spiro atoms. The quantitative estimate of drug-likeness (QED) is 0.449. The molecule has 0 aliphatic carbocycles. The molecule has 74 valence electrons. The van der Waals surface area contributed by atoms with Crippen molar-refractivity contribution in [2.24, 2.45) is 0 Å². The molecular formula is C13H15Cl. The minimum absolute atomic E-state index is 0.448. The Morgan fingerprint density at radius 1 is 1.21 bits per heavy atom. The third-order valence-corrected chi connectivity index (χ3v) is 1.98. The maximum Gasteiger partial charge on any atom is 0.0997 e. The molecule has 0 aromatic heterocycles. The molecule has 0 saturated heterocycles. The van der Waals surface area contributed by atoms with Crippen LogP contribution >= 0.6 is 11.6 Å². The number of alkyl halides is 1. The topological polar surface area (TPSA) is 0 Å². The first kappa shape index (κ1) is 11.1. The number of hydrogen-bond donors (Lipinski definition) is 0. The van der Waals surface area contributed by atoms with Crippen LogP contribution in [0.25, 0.3) is 0 Å². The van der Waals surface area contributed by atoms with E-state index in [1.54, 1.807) is 0 Å². The molecule has 1 aromatic rings. The van der Waals surface area contributed by atoms with E-state index in [2.05, 4.69) is 43.9 Å². The molecule has 1 heteroatoms. The van der Waals surface area contributed by atoms with Crippen molar-refractivity contribution in [3.8, 4) is 11.8 Å². The molecule has 0 atom stereocenters. The van der Waals surface area contributed by atoms with E-state index >= 15 is 0 Å². The highest BCUT2D eigenvalue weighted by Crippen LogP contribution is 2.13. The standard InChI is InChI=1S/C13H15Cl/c1-10-5-6-11(2)12(9-10)7-8-13(3,4)14/h5-6,9H,1-4H3. The molecule has 1 rings (SSSR count). The molecule has 0 heterocycles. The van der Waals surface area contributed by atoms with Crippen molar-refractivity contribution in [3.63, 3.8) is 0 Å². The summed E-state index contributed by atoms with van der Waals surface area (Å²) in [7, 11) is 0. The monoisotopic (exact) mass is 206 g/mol. The zero-order chi connectivity index (χ0) is 10.8. The highest BCUT2D eigenvalue weighted by molar-refractivity contribution is 6.25. The average Bonchev–Trinajstić information content (AvgIpc) is 2.05. The Hall–Kier alpha value is -0.930. The van der Waals surface area contributed by atoms with Crippen LogP contribution < -0.4 is 0 Å². The van der Waals surface area contributed by atoms with Crippen LogP contribution in [0.2, 0.25) is 0 Å². The number of halogens is 1. The SMILES string of the molecule is Cc1ccc(C)c(C#CC(C)(C)Cl)c1. The number of benzene rings is 1. The van der Waals surface area contributed by atoms with Gasteiger partial charge < -0.3 is 0 Å². The predicted octanol–water partition coefficient (Wildman–Crippen LogP) is 3.67. The molecule has 0 saturated carbocycles. The van der Waals surface area contributed by atoms with Gasteiger partial charge in [0.1, 0.15) is 0 Å². The minimum Gasteiger partial charge on any atom is -0.106 e. The predicted molar refractivity (Wildman–Crippen MR) is 62.7 cm³/mol. The van der Waals surface area contributed by atoms with Crippen LogP contribution in [0, 0.1) is 25.7 Å². The summed E-state index contributed by atoms with van der Waals surface area (Å²) in [5.41, 5.74) is 3.50. The molecule has 1 aromatic carbocycles. The summed E-state index contributed by atoms with van der Waals surface area (Å²) < 4.78 is 0. The van der Waals surface area contributed by atoms with Crippen LogP contribution in [0.1, 0.15) is 30.5 Å². The summed E-state index contributed by atoms with van der Waals surface area (Å²) in [5, 5.41) is 0. The van der Waals surface area contributed by atoms with Gasteiger partial charge in [-0.05, 0) is 44.9 Å². The van der Waals surface area contributed by atoms with Crippen LogP contribution in [-0.4, -0.2) is 4.87 Å². The van der Waals surface area contributed by atoms with Crippen molar-refractivity contribution in [1.29, 1.82) is 0 Å². The van der Waals surface area contributed by atoms with Crippen molar-refractivity contribution in [2.75, 3.05) is 0 Å². The van der Waals surface area contributed by atoms with Crippen molar-refractivity contribution in [1.82, 2.24) is 0 Å². The minimum atomic E-state index is -0.448. The van der Waals surface area contributed by atoms with E-state index in [0.717, 1.165) is 5.56 Å². The fraction of sp³-hybridized carbons (Fsp3) is 0.385. The third-order valence-electron chi connectivity index (χ3n) is 1.89. The Bertz CT molecular complexity index is 386. The van der Waals surface area contributed by atoms with Gasteiger partial charge in [-0.25, -0.2) is 0 Å². The van der Waals surface area contributed by atoms with E-state index in [-0.39, 0.29) is 0 Å². The summed E-state index contributed by atoms with van der Waals surface area (Å²) in [6.45, 7) is 7.92. The number of rotatable bonds is 0. The Kier molecular flexibility index (Phi) is 3.24. The fourth-order valence-corrected chi connectivity index (χ4v) is 1.13. The van der Waals surface area contributed by atoms with E-state index in [0.29, 0.717) is 0 Å². The number of aryl methyl sites for hydroxylation is 2. The third kappa shape index (κ3) is 3.44. The van der Waals surface area contributed by atoms with Crippen LogP contribution in [0.3, 0.4) is 0 Å². The van der Waals surface area contributed by atoms with Gasteiger partial charge in [0.05, 0.1) is 4.87 Å². The summed E-state index contributed by atoms with van der Waals surface area (Å²) >= 11 is 6.00. The Balaban J connectivity index is 3.06. The summed E-state index contributed by atoms with van der Waals surface area (Å²) in [4.78, 5) is -0.448. The highest BCUT2D eigenvalue weighted by Gasteiger charge is 2.07. The molecule has 14 heavy (non-hydrogen) atoms. The first-order valence-electron chi connectivity index (χ1n) is 4.68. The Morgan fingerprint density at radius 2 is 1.86 bits per heavy atom. The lowest BCUT2D eigenvalue weighted by atomic mass is 10.1. The lowest BCUT2D eigenvalue weighted by molar-refractivity contribution is 0.917. The van der Waals surface area contributed by atoms with Gasteiger partial charge in [-0.15, -0.1) is 11.6 Å². The lowest BCUT2D eigenvalue weighted by Crippen LogP contribution is -2.04. The van der Waals surface area contributed by atoms with Gasteiger partial charge in [0, 0.05) is 5.56 Å². The highest BCUT2D eigenvalue weighted by atomic mass is 35.5. The Labute approximate surface area is 91.3 Å². The normalized spacial score (nSPS) is 10.6. The van der Waals surface area contributed by atoms with Crippen molar-refractivity contribution >= 4 is 11.6 Å². The first-order chi connectivity index (χ1) is 6.38. The van der Waals surface area contributed by atoms with Crippen molar-refractivity contribution in [3.05, 3.63) is 34.9 Å². The van der Waals surface area contributed by atoms with Gasteiger partial charge in [-0.2, -0.15) is 0 Å². The summed E-state index contributed by atoms with van der Waals surface area (Å²) in [6.07, 6.45) is 0. The van der Waals surface area contributed by atoms with E-state index in [1.807, 2.05) is 13.8 Å². The first-order valence-corrected chi connectivity index (χ1v) is 5.05. The molecule has 0 radical (unpaired) electrons. The molecule has 0 unspecified atom stereocenters. The van der Waals surface area contributed by atoms with E-state index in [9.17, 15) is 0 Å². The largest absolute Gasteiger partial charge is 0.106 e. The van der Waals surface area contributed by atoms with Gasteiger partial charge in [-0.3, -0.25) is 0 Å². The second-order valence-corrected chi connectivity index (χ2v) is 4.99. The molecule has 0 aliphatic rings. The van der Waals surface area contributed by atoms with Gasteiger partial charge >= 0.3 is 0 Å². The molecule has 0 N–H and O–H groups in total. The van der Waals surface area contributed by atoms with Crippen LogP contribution in [0.4, 0.5) is 0 Å².